The third-order valence-electron chi connectivity index (χ3n) is 6.46. The van der Waals surface area contributed by atoms with Crippen molar-refractivity contribution in [1.82, 2.24) is 9.47 Å². The molecule has 0 unspecified atom stereocenters. The lowest BCUT2D eigenvalue weighted by molar-refractivity contribution is 0.0867. The Morgan fingerprint density at radius 3 is 2.87 bits per heavy atom. The van der Waals surface area contributed by atoms with Gasteiger partial charge in [0, 0.05) is 41.8 Å². The summed E-state index contributed by atoms with van der Waals surface area (Å²) in [6, 6.07) is 10.9. The van der Waals surface area contributed by atoms with Crippen LogP contribution in [0.1, 0.15) is 46.8 Å². The number of benzene rings is 2. The summed E-state index contributed by atoms with van der Waals surface area (Å²) in [6.07, 6.45) is 6.43. The van der Waals surface area contributed by atoms with Crippen LogP contribution in [0.2, 0.25) is 0 Å². The minimum Gasteiger partial charge on any atom is -0.478 e. The van der Waals surface area contributed by atoms with Crippen LogP contribution in [0.25, 0.3) is 17.0 Å². The fourth-order valence-electron chi connectivity index (χ4n) is 4.71. The van der Waals surface area contributed by atoms with E-state index in [1.165, 1.54) is 12.8 Å². The summed E-state index contributed by atoms with van der Waals surface area (Å²) >= 11 is 0. The van der Waals surface area contributed by atoms with Crippen LogP contribution in [0.3, 0.4) is 0 Å². The van der Waals surface area contributed by atoms with Gasteiger partial charge in [0.15, 0.2) is 5.76 Å². The van der Waals surface area contributed by atoms with Crippen molar-refractivity contribution in [2.45, 2.75) is 45.8 Å². The molecule has 1 aromatic heterocycles. The monoisotopic (exact) mass is 400 g/mol. The van der Waals surface area contributed by atoms with Crippen LogP contribution in [-0.4, -0.2) is 28.0 Å². The molecule has 0 N–H and O–H groups in total. The molecule has 0 spiro atoms. The molecule has 0 saturated heterocycles. The Labute approximate surface area is 175 Å². The van der Waals surface area contributed by atoms with E-state index in [-0.39, 0.29) is 5.78 Å². The standard InChI is InChI=1S/C25H24N2O3/c1-3-26-12-16(18-6-4-5-7-20(18)26)11-22-24(28)23-15(2)10-21-19(25(23)30-22)13-27(14-29-21)17-8-9-17/h4-7,10-12,17H,3,8-9,13-14H2,1-2H3/b22-11-. The van der Waals surface area contributed by atoms with Crippen molar-refractivity contribution in [3.8, 4) is 11.5 Å². The molecule has 2 aromatic carbocycles. The number of Topliss-reactive ketones (excluding diaryl/α,β-unsaturated/α-hetero) is 1. The van der Waals surface area contributed by atoms with Crippen LogP contribution < -0.4 is 9.47 Å². The summed E-state index contributed by atoms with van der Waals surface area (Å²) < 4.78 is 14.5. The molecule has 30 heavy (non-hydrogen) atoms. The maximum absolute atomic E-state index is 13.3. The highest BCUT2D eigenvalue weighted by molar-refractivity contribution is 6.16. The quantitative estimate of drug-likeness (QED) is 0.587. The summed E-state index contributed by atoms with van der Waals surface area (Å²) in [5.74, 6) is 1.89. The Hall–Kier alpha value is -3.05. The molecule has 0 amide bonds. The van der Waals surface area contributed by atoms with Crippen LogP contribution in [-0.2, 0) is 13.1 Å². The van der Waals surface area contributed by atoms with Crippen LogP contribution in [0, 0.1) is 6.92 Å². The van der Waals surface area contributed by atoms with E-state index in [9.17, 15) is 4.79 Å². The van der Waals surface area contributed by atoms with E-state index in [1.54, 1.807) is 0 Å². The Bertz CT molecular complexity index is 1230. The summed E-state index contributed by atoms with van der Waals surface area (Å²) in [5.41, 5.74) is 4.76. The summed E-state index contributed by atoms with van der Waals surface area (Å²) in [7, 11) is 0. The van der Waals surface area contributed by atoms with Gasteiger partial charge in [0.25, 0.3) is 0 Å². The highest BCUT2D eigenvalue weighted by Crippen LogP contribution is 2.45. The van der Waals surface area contributed by atoms with E-state index >= 15 is 0 Å². The van der Waals surface area contributed by atoms with Crippen molar-refractivity contribution in [2.24, 2.45) is 0 Å². The number of aromatic nitrogens is 1. The zero-order chi connectivity index (χ0) is 20.4. The number of allylic oxidation sites excluding steroid dienone is 1. The van der Waals surface area contributed by atoms with E-state index in [2.05, 4.69) is 34.7 Å². The number of aryl methyl sites for hydroxylation is 2. The second-order valence-electron chi connectivity index (χ2n) is 8.45. The average Bonchev–Trinajstić information content (AvgIpc) is 3.48. The number of para-hydroxylation sites is 1. The smallest absolute Gasteiger partial charge is 0.232 e. The fourth-order valence-corrected chi connectivity index (χ4v) is 4.71. The van der Waals surface area contributed by atoms with Crippen LogP contribution >= 0.6 is 0 Å². The molecule has 1 saturated carbocycles. The predicted octanol–water partition coefficient (Wildman–Crippen LogP) is 4.90. The number of nitrogens with zero attached hydrogens (tertiary/aromatic N) is 2. The molecule has 0 atom stereocenters. The molecular formula is C25H24N2O3. The Balaban J connectivity index is 1.43. The van der Waals surface area contributed by atoms with Crippen LogP contribution in [0.4, 0.5) is 0 Å². The summed E-state index contributed by atoms with van der Waals surface area (Å²) in [5, 5.41) is 1.13. The molecule has 0 radical (unpaired) electrons. The van der Waals surface area contributed by atoms with E-state index < -0.39 is 0 Å². The third kappa shape index (κ3) is 2.62. The van der Waals surface area contributed by atoms with Crippen molar-refractivity contribution < 1.29 is 14.3 Å². The number of hydrogen-bond donors (Lipinski definition) is 0. The van der Waals surface area contributed by atoms with E-state index in [0.717, 1.165) is 46.4 Å². The minimum absolute atomic E-state index is 0.0397. The SMILES string of the molecule is CCn1cc(/C=C2\Oc3c4c(cc(C)c3C2=O)OCN(C2CC2)C4)c2ccccc21. The van der Waals surface area contributed by atoms with Crippen molar-refractivity contribution in [3.05, 3.63) is 64.5 Å². The molecule has 3 aromatic rings. The molecule has 0 bridgehead atoms. The van der Waals surface area contributed by atoms with E-state index in [4.69, 9.17) is 9.47 Å². The van der Waals surface area contributed by atoms with E-state index in [1.807, 2.05) is 31.2 Å². The number of carbonyl (C=O) groups is 1. The molecule has 5 nitrogen and oxygen atoms in total. The van der Waals surface area contributed by atoms with Crippen molar-refractivity contribution in [1.29, 1.82) is 0 Å². The Kier molecular flexibility index (Phi) is 3.84. The molecule has 6 rings (SSSR count). The van der Waals surface area contributed by atoms with Gasteiger partial charge in [-0.2, -0.15) is 0 Å². The zero-order valence-electron chi connectivity index (χ0n) is 17.3. The molecule has 3 aliphatic rings. The van der Waals surface area contributed by atoms with Gasteiger partial charge in [-0.3, -0.25) is 9.69 Å². The second-order valence-corrected chi connectivity index (χ2v) is 8.45. The maximum atomic E-state index is 13.3. The predicted molar refractivity (Wildman–Crippen MR) is 116 cm³/mol. The highest BCUT2D eigenvalue weighted by atomic mass is 16.5. The normalized spacial score (nSPS) is 19.7. The van der Waals surface area contributed by atoms with Gasteiger partial charge >= 0.3 is 0 Å². The number of ether oxygens (including phenoxy) is 2. The van der Waals surface area contributed by atoms with Gasteiger partial charge in [-0.1, -0.05) is 18.2 Å². The van der Waals surface area contributed by atoms with E-state index in [0.29, 0.717) is 29.8 Å². The first-order valence-electron chi connectivity index (χ1n) is 10.7. The van der Waals surface area contributed by atoms with Crippen molar-refractivity contribution in [2.75, 3.05) is 6.73 Å². The van der Waals surface area contributed by atoms with Gasteiger partial charge in [-0.25, -0.2) is 0 Å². The number of hydrogen-bond acceptors (Lipinski definition) is 4. The molecule has 3 heterocycles. The lowest BCUT2D eigenvalue weighted by Crippen LogP contribution is -2.34. The van der Waals surface area contributed by atoms with Crippen LogP contribution in [0.15, 0.2) is 42.3 Å². The highest BCUT2D eigenvalue weighted by Gasteiger charge is 2.38. The van der Waals surface area contributed by atoms with Gasteiger partial charge in [0.05, 0.1) is 11.1 Å². The summed E-state index contributed by atoms with van der Waals surface area (Å²) in [6.45, 7) is 6.35. The largest absolute Gasteiger partial charge is 0.478 e. The molecule has 5 heteroatoms. The van der Waals surface area contributed by atoms with Gasteiger partial charge in [0.2, 0.25) is 5.78 Å². The number of rotatable bonds is 3. The fraction of sp³-hybridized carbons (Fsp3) is 0.320. The van der Waals surface area contributed by atoms with Crippen LogP contribution in [0.5, 0.6) is 11.5 Å². The number of fused-ring (bicyclic) bond motifs is 4. The minimum atomic E-state index is -0.0397. The Morgan fingerprint density at radius 2 is 2.07 bits per heavy atom. The van der Waals surface area contributed by atoms with Gasteiger partial charge in [-0.15, -0.1) is 0 Å². The maximum Gasteiger partial charge on any atom is 0.232 e. The first kappa shape index (κ1) is 17.8. The summed E-state index contributed by atoms with van der Waals surface area (Å²) in [4.78, 5) is 15.6. The van der Waals surface area contributed by atoms with Crippen molar-refractivity contribution in [3.63, 3.8) is 0 Å². The van der Waals surface area contributed by atoms with Crippen molar-refractivity contribution >= 4 is 22.8 Å². The number of ketones is 1. The molecule has 1 aliphatic carbocycles. The molecule has 152 valence electrons. The lowest BCUT2D eigenvalue weighted by Gasteiger charge is -2.30. The Morgan fingerprint density at radius 1 is 1.23 bits per heavy atom. The zero-order valence-corrected chi connectivity index (χ0v) is 17.3. The van der Waals surface area contributed by atoms with Gasteiger partial charge in [0.1, 0.15) is 18.2 Å². The van der Waals surface area contributed by atoms with Gasteiger partial charge < -0.3 is 14.0 Å². The number of carbonyl (C=O) groups excluding carboxylic acids is 1. The molecule has 2 aliphatic heterocycles. The van der Waals surface area contributed by atoms with Gasteiger partial charge in [-0.05, 0) is 50.5 Å². The topological polar surface area (TPSA) is 43.7 Å². The third-order valence-corrected chi connectivity index (χ3v) is 6.46. The first-order chi connectivity index (χ1) is 14.6. The lowest BCUT2D eigenvalue weighted by atomic mass is 9.98. The average molecular weight is 400 g/mol. The second kappa shape index (κ2) is 6.47. The first-order valence-corrected chi connectivity index (χ1v) is 10.7. The molecule has 1 fully saturated rings. The molecular weight excluding hydrogens is 376 g/mol.